The number of nitrogens with one attached hydrogen (secondary N) is 2. The van der Waals surface area contributed by atoms with Crippen LogP contribution in [0.4, 0.5) is 0 Å². The first kappa shape index (κ1) is 10.4. The molecule has 2 aliphatic rings. The molecule has 2 fully saturated rings. The fourth-order valence-corrected chi connectivity index (χ4v) is 2.51. The summed E-state index contributed by atoms with van der Waals surface area (Å²) in [6, 6.07) is 0. The fourth-order valence-electron chi connectivity index (χ4n) is 2.51. The topological polar surface area (TPSA) is 33.3 Å². The summed E-state index contributed by atoms with van der Waals surface area (Å²) in [5.74, 6) is 0.880. The average molecular weight is 198 g/mol. The zero-order valence-corrected chi connectivity index (χ0v) is 9.14. The van der Waals surface area contributed by atoms with Gasteiger partial charge in [-0.25, -0.2) is 0 Å². The number of ether oxygens (including phenoxy) is 1. The second kappa shape index (κ2) is 4.60. The Bertz CT molecular complexity index is 180. The first-order chi connectivity index (χ1) is 6.87. The van der Waals surface area contributed by atoms with Crippen LogP contribution < -0.4 is 10.6 Å². The molecule has 1 unspecified atom stereocenters. The van der Waals surface area contributed by atoms with Crippen LogP contribution in [0.3, 0.4) is 0 Å². The van der Waals surface area contributed by atoms with Gasteiger partial charge in [0.25, 0.3) is 0 Å². The van der Waals surface area contributed by atoms with Gasteiger partial charge in [0.15, 0.2) is 0 Å². The third-order valence-corrected chi connectivity index (χ3v) is 3.72. The normalized spacial score (nSPS) is 28.5. The summed E-state index contributed by atoms with van der Waals surface area (Å²) in [6.07, 6.45) is 4.03. The minimum atomic E-state index is 0.703. The van der Waals surface area contributed by atoms with Crippen molar-refractivity contribution >= 4 is 0 Å². The standard InChI is InChI=1S/C11H22N2O/c1-14-6-2-5-12-7-10-8-13-9-11(10)3-4-11/h10,12-13H,2-9H2,1H3. The van der Waals surface area contributed by atoms with Crippen molar-refractivity contribution in [2.75, 3.05) is 39.9 Å². The Morgan fingerprint density at radius 3 is 3.07 bits per heavy atom. The molecule has 1 spiro atoms. The van der Waals surface area contributed by atoms with Crippen molar-refractivity contribution in [3.05, 3.63) is 0 Å². The number of hydrogen-bond acceptors (Lipinski definition) is 3. The Labute approximate surface area is 86.6 Å². The SMILES string of the molecule is COCCCNCC1CNCC12CC2. The lowest BCUT2D eigenvalue weighted by atomic mass is 9.93. The molecule has 0 bridgehead atoms. The first-order valence-corrected chi connectivity index (χ1v) is 5.78. The maximum absolute atomic E-state index is 5.01. The van der Waals surface area contributed by atoms with Crippen molar-refractivity contribution in [2.24, 2.45) is 11.3 Å². The molecule has 0 aromatic rings. The lowest BCUT2D eigenvalue weighted by Gasteiger charge is -2.17. The summed E-state index contributed by atoms with van der Waals surface area (Å²) < 4.78 is 5.01. The van der Waals surface area contributed by atoms with Gasteiger partial charge in [0, 0.05) is 20.3 Å². The number of rotatable bonds is 6. The predicted octanol–water partition coefficient (Wildman–Crippen LogP) is 0.612. The molecule has 0 radical (unpaired) electrons. The molecule has 14 heavy (non-hydrogen) atoms. The van der Waals surface area contributed by atoms with Gasteiger partial charge in [0.05, 0.1) is 0 Å². The molecule has 1 saturated heterocycles. The quantitative estimate of drug-likeness (QED) is 0.614. The highest BCUT2D eigenvalue weighted by molar-refractivity contribution is 5.05. The van der Waals surface area contributed by atoms with Crippen molar-refractivity contribution < 1.29 is 4.74 Å². The van der Waals surface area contributed by atoms with E-state index in [4.69, 9.17) is 4.74 Å². The smallest absolute Gasteiger partial charge is 0.0474 e. The van der Waals surface area contributed by atoms with Crippen LogP contribution >= 0.6 is 0 Å². The molecule has 1 saturated carbocycles. The first-order valence-electron chi connectivity index (χ1n) is 5.78. The highest BCUT2D eigenvalue weighted by Gasteiger charge is 2.51. The average Bonchev–Trinajstić information content (AvgIpc) is 2.84. The molecular formula is C11H22N2O. The molecule has 0 aromatic carbocycles. The minimum absolute atomic E-state index is 0.703. The highest BCUT2D eigenvalue weighted by atomic mass is 16.5. The number of hydrogen-bond donors (Lipinski definition) is 2. The van der Waals surface area contributed by atoms with Crippen molar-refractivity contribution in [1.82, 2.24) is 10.6 Å². The van der Waals surface area contributed by atoms with Crippen LogP contribution in [0.5, 0.6) is 0 Å². The second-order valence-electron chi connectivity index (χ2n) is 4.74. The Morgan fingerprint density at radius 2 is 2.36 bits per heavy atom. The molecule has 82 valence electrons. The van der Waals surface area contributed by atoms with E-state index in [1.807, 2.05) is 0 Å². The third kappa shape index (κ3) is 2.27. The van der Waals surface area contributed by atoms with Crippen LogP contribution in [0.1, 0.15) is 19.3 Å². The van der Waals surface area contributed by atoms with Crippen LogP contribution in [0.15, 0.2) is 0 Å². The number of methoxy groups -OCH3 is 1. The molecule has 2 N–H and O–H groups in total. The summed E-state index contributed by atoms with van der Waals surface area (Å²) >= 11 is 0. The van der Waals surface area contributed by atoms with Gasteiger partial charge in [-0.2, -0.15) is 0 Å². The molecule has 0 amide bonds. The molecule has 3 nitrogen and oxygen atoms in total. The van der Waals surface area contributed by atoms with Crippen molar-refractivity contribution in [2.45, 2.75) is 19.3 Å². The minimum Gasteiger partial charge on any atom is -0.385 e. The molecule has 1 aliphatic carbocycles. The molecular weight excluding hydrogens is 176 g/mol. The van der Waals surface area contributed by atoms with Gasteiger partial charge in [-0.15, -0.1) is 0 Å². The van der Waals surface area contributed by atoms with E-state index < -0.39 is 0 Å². The van der Waals surface area contributed by atoms with E-state index >= 15 is 0 Å². The lowest BCUT2D eigenvalue weighted by molar-refractivity contribution is 0.193. The van der Waals surface area contributed by atoms with Crippen LogP contribution in [0, 0.1) is 11.3 Å². The molecule has 1 atom stereocenters. The maximum Gasteiger partial charge on any atom is 0.0474 e. The van der Waals surface area contributed by atoms with Gasteiger partial charge in [0.1, 0.15) is 0 Å². The Hall–Kier alpha value is -0.120. The van der Waals surface area contributed by atoms with Crippen LogP contribution in [0.2, 0.25) is 0 Å². The second-order valence-corrected chi connectivity index (χ2v) is 4.74. The summed E-state index contributed by atoms with van der Waals surface area (Å²) in [4.78, 5) is 0. The zero-order valence-electron chi connectivity index (χ0n) is 9.14. The van der Waals surface area contributed by atoms with E-state index in [-0.39, 0.29) is 0 Å². The zero-order chi connectivity index (χ0) is 9.86. The predicted molar refractivity (Wildman–Crippen MR) is 57.4 cm³/mol. The van der Waals surface area contributed by atoms with Crippen LogP contribution in [-0.2, 0) is 4.74 Å². The lowest BCUT2D eigenvalue weighted by Crippen LogP contribution is -2.29. The van der Waals surface area contributed by atoms with E-state index in [9.17, 15) is 0 Å². The van der Waals surface area contributed by atoms with Gasteiger partial charge in [0.2, 0.25) is 0 Å². The van der Waals surface area contributed by atoms with E-state index in [1.165, 1.54) is 32.5 Å². The Balaban J connectivity index is 1.57. The highest BCUT2D eigenvalue weighted by Crippen LogP contribution is 2.53. The maximum atomic E-state index is 5.01. The van der Waals surface area contributed by atoms with Gasteiger partial charge in [-0.1, -0.05) is 0 Å². The van der Waals surface area contributed by atoms with Crippen LogP contribution in [0.25, 0.3) is 0 Å². The third-order valence-electron chi connectivity index (χ3n) is 3.72. The fraction of sp³-hybridized carbons (Fsp3) is 1.00. The molecule has 1 aliphatic heterocycles. The van der Waals surface area contributed by atoms with Gasteiger partial charge in [-0.3, -0.25) is 0 Å². The Kier molecular flexibility index (Phi) is 3.42. The van der Waals surface area contributed by atoms with Crippen molar-refractivity contribution in [3.8, 4) is 0 Å². The van der Waals surface area contributed by atoms with Gasteiger partial charge >= 0.3 is 0 Å². The molecule has 1 heterocycles. The van der Waals surface area contributed by atoms with E-state index in [1.54, 1.807) is 7.11 Å². The molecule has 0 aromatic heterocycles. The van der Waals surface area contributed by atoms with Crippen molar-refractivity contribution in [1.29, 1.82) is 0 Å². The van der Waals surface area contributed by atoms with E-state index in [0.29, 0.717) is 5.41 Å². The van der Waals surface area contributed by atoms with Gasteiger partial charge < -0.3 is 15.4 Å². The largest absolute Gasteiger partial charge is 0.385 e. The summed E-state index contributed by atoms with van der Waals surface area (Å²) in [7, 11) is 1.76. The van der Waals surface area contributed by atoms with E-state index in [0.717, 1.165) is 25.5 Å². The van der Waals surface area contributed by atoms with Gasteiger partial charge in [-0.05, 0) is 50.2 Å². The molecule has 3 heteroatoms. The summed E-state index contributed by atoms with van der Waals surface area (Å²) in [5, 5.41) is 7.05. The molecule has 2 rings (SSSR count). The summed E-state index contributed by atoms with van der Waals surface area (Å²) in [6.45, 7) is 5.65. The van der Waals surface area contributed by atoms with Crippen LogP contribution in [-0.4, -0.2) is 39.9 Å². The monoisotopic (exact) mass is 198 g/mol. The Morgan fingerprint density at radius 1 is 1.50 bits per heavy atom. The van der Waals surface area contributed by atoms with Crippen molar-refractivity contribution in [3.63, 3.8) is 0 Å². The summed E-state index contributed by atoms with van der Waals surface area (Å²) in [5.41, 5.74) is 0.703. The van der Waals surface area contributed by atoms with E-state index in [2.05, 4.69) is 10.6 Å².